The highest BCUT2D eigenvalue weighted by molar-refractivity contribution is 5.87. The van der Waals surface area contributed by atoms with Crippen LogP contribution in [0.4, 0.5) is 0 Å². The molecule has 1 rings (SSSR count). The van der Waals surface area contributed by atoms with E-state index in [0.29, 0.717) is 5.92 Å². The number of allylic oxidation sites excluding steroid dienone is 3. The third-order valence-corrected chi connectivity index (χ3v) is 2.90. The lowest BCUT2D eigenvalue weighted by molar-refractivity contribution is 0.0696. The molecule has 3 heteroatoms. The Morgan fingerprint density at radius 2 is 2.33 bits per heavy atom. The van der Waals surface area contributed by atoms with E-state index in [0.717, 1.165) is 25.0 Å². The maximum Gasteiger partial charge on any atom is 0.338 e. The smallest absolute Gasteiger partial charge is 0.338 e. The molecular formula is C15H20O3. The Morgan fingerprint density at radius 1 is 1.61 bits per heavy atom. The van der Waals surface area contributed by atoms with E-state index < -0.39 is 5.97 Å². The fourth-order valence-corrected chi connectivity index (χ4v) is 1.72. The van der Waals surface area contributed by atoms with Gasteiger partial charge in [-0.25, -0.2) is 4.79 Å². The van der Waals surface area contributed by atoms with E-state index in [1.54, 1.807) is 6.07 Å². The van der Waals surface area contributed by atoms with Crippen LogP contribution in [0.5, 0.6) is 0 Å². The normalized spacial score (nSPS) is 13.3. The van der Waals surface area contributed by atoms with E-state index in [2.05, 4.69) is 19.6 Å². The van der Waals surface area contributed by atoms with Gasteiger partial charge >= 0.3 is 5.97 Å². The minimum Gasteiger partial charge on any atom is -0.478 e. The van der Waals surface area contributed by atoms with E-state index in [9.17, 15) is 4.79 Å². The first-order valence-electron chi connectivity index (χ1n) is 6.12. The first kappa shape index (κ1) is 14.3. The van der Waals surface area contributed by atoms with Crippen molar-refractivity contribution in [2.45, 2.75) is 33.1 Å². The molecule has 18 heavy (non-hydrogen) atoms. The molecular weight excluding hydrogens is 228 g/mol. The van der Waals surface area contributed by atoms with Gasteiger partial charge in [0.1, 0.15) is 12.0 Å². The molecule has 0 aromatic carbocycles. The van der Waals surface area contributed by atoms with Crippen molar-refractivity contribution >= 4 is 5.97 Å². The van der Waals surface area contributed by atoms with Crippen molar-refractivity contribution in [2.75, 3.05) is 0 Å². The van der Waals surface area contributed by atoms with E-state index >= 15 is 0 Å². The molecule has 1 heterocycles. The molecule has 1 atom stereocenters. The Hall–Kier alpha value is -1.77. The number of carboxylic acids is 1. The summed E-state index contributed by atoms with van der Waals surface area (Å²) in [6.07, 6.45) is 8.13. The maximum absolute atomic E-state index is 10.7. The van der Waals surface area contributed by atoms with Gasteiger partial charge in [0.15, 0.2) is 0 Å². The predicted molar refractivity (Wildman–Crippen MR) is 71.7 cm³/mol. The largest absolute Gasteiger partial charge is 0.478 e. The van der Waals surface area contributed by atoms with Crippen molar-refractivity contribution in [1.29, 1.82) is 0 Å². The lowest BCUT2D eigenvalue weighted by atomic mass is 9.99. The van der Waals surface area contributed by atoms with Crippen LogP contribution in [0.2, 0.25) is 0 Å². The minimum atomic E-state index is -0.942. The summed E-state index contributed by atoms with van der Waals surface area (Å²) in [5.41, 5.74) is 1.41. The molecule has 0 spiro atoms. The van der Waals surface area contributed by atoms with Crippen molar-refractivity contribution in [3.05, 3.63) is 48.0 Å². The SMILES string of the molecule is C=C/C(C)=C\CCC(C)Cc1cc(C(=O)O)co1. The molecule has 1 N–H and O–H groups in total. The lowest BCUT2D eigenvalue weighted by Crippen LogP contribution is -1.98. The van der Waals surface area contributed by atoms with Gasteiger partial charge in [-0.15, -0.1) is 0 Å². The highest BCUT2D eigenvalue weighted by Gasteiger charge is 2.10. The fourth-order valence-electron chi connectivity index (χ4n) is 1.72. The Morgan fingerprint density at radius 3 is 2.89 bits per heavy atom. The van der Waals surface area contributed by atoms with E-state index in [4.69, 9.17) is 9.52 Å². The molecule has 0 amide bonds. The van der Waals surface area contributed by atoms with Gasteiger partial charge in [-0.1, -0.05) is 31.2 Å². The van der Waals surface area contributed by atoms with Crippen LogP contribution in [-0.4, -0.2) is 11.1 Å². The Bertz CT molecular complexity index is 440. The molecule has 1 aromatic rings. The van der Waals surface area contributed by atoms with E-state index in [-0.39, 0.29) is 5.56 Å². The van der Waals surface area contributed by atoms with Crippen molar-refractivity contribution < 1.29 is 14.3 Å². The van der Waals surface area contributed by atoms with Gasteiger partial charge in [0.05, 0.1) is 5.56 Å². The Labute approximate surface area is 108 Å². The van der Waals surface area contributed by atoms with Gasteiger partial charge in [0.2, 0.25) is 0 Å². The zero-order chi connectivity index (χ0) is 13.5. The highest BCUT2D eigenvalue weighted by Crippen LogP contribution is 2.17. The molecule has 1 aromatic heterocycles. The van der Waals surface area contributed by atoms with Gasteiger partial charge in [0.25, 0.3) is 0 Å². The number of aromatic carboxylic acids is 1. The molecule has 0 aliphatic heterocycles. The zero-order valence-electron chi connectivity index (χ0n) is 11.0. The van der Waals surface area contributed by atoms with Crippen LogP contribution in [0, 0.1) is 5.92 Å². The first-order valence-corrected chi connectivity index (χ1v) is 6.12. The number of hydrogen-bond donors (Lipinski definition) is 1. The average Bonchev–Trinajstić information content (AvgIpc) is 2.77. The first-order chi connectivity index (χ1) is 8.52. The van der Waals surface area contributed by atoms with Crippen LogP contribution in [0.15, 0.2) is 41.1 Å². The highest BCUT2D eigenvalue weighted by atomic mass is 16.4. The number of furan rings is 1. The summed E-state index contributed by atoms with van der Waals surface area (Å²) in [6, 6.07) is 1.60. The summed E-state index contributed by atoms with van der Waals surface area (Å²) < 4.78 is 5.23. The number of carboxylic acid groups (broad SMARTS) is 1. The number of carbonyl (C=O) groups is 1. The molecule has 0 aliphatic rings. The average molecular weight is 248 g/mol. The van der Waals surface area contributed by atoms with Crippen LogP contribution in [0.3, 0.4) is 0 Å². The van der Waals surface area contributed by atoms with Crippen LogP contribution in [-0.2, 0) is 6.42 Å². The fraction of sp³-hybridized carbons (Fsp3) is 0.400. The molecule has 3 nitrogen and oxygen atoms in total. The molecule has 0 radical (unpaired) electrons. The van der Waals surface area contributed by atoms with Gasteiger partial charge in [-0.3, -0.25) is 0 Å². The molecule has 0 aliphatic carbocycles. The van der Waals surface area contributed by atoms with Crippen molar-refractivity contribution in [1.82, 2.24) is 0 Å². The van der Waals surface area contributed by atoms with Crippen molar-refractivity contribution in [3.63, 3.8) is 0 Å². The minimum absolute atomic E-state index is 0.222. The lowest BCUT2D eigenvalue weighted by Gasteiger charge is -2.07. The number of rotatable bonds is 7. The van der Waals surface area contributed by atoms with Gasteiger partial charge in [-0.2, -0.15) is 0 Å². The predicted octanol–water partition coefficient (Wildman–Crippen LogP) is 4.07. The third kappa shape index (κ3) is 4.62. The topological polar surface area (TPSA) is 50.4 Å². The van der Waals surface area contributed by atoms with E-state index in [1.165, 1.54) is 11.8 Å². The Kier molecular flexibility index (Phi) is 5.43. The second kappa shape index (κ2) is 6.84. The molecule has 0 bridgehead atoms. The molecule has 98 valence electrons. The standard InChI is InChI=1S/C15H20O3/c1-4-11(2)6-5-7-12(3)8-14-9-13(10-18-14)15(16)17/h4,6,9-10,12H,1,5,7-8H2,2-3H3,(H,16,17)/b11-6-. The second-order valence-corrected chi connectivity index (χ2v) is 4.65. The summed E-state index contributed by atoms with van der Waals surface area (Å²) in [5.74, 6) is 0.262. The van der Waals surface area contributed by atoms with E-state index in [1.807, 2.05) is 13.0 Å². The van der Waals surface area contributed by atoms with Crippen molar-refractivity contribution in [3.8, 4) is 0 Å². The molecule has 0 saturated heterocycles. The van der Waals surface area contributed by atoms with Gasteiger partial charge < -0.3 is 9.52 Å². The van der Waals surface area contributed by atoms with Crippen LogP contribution in [0.1, 0.15) is 42.8 Å². The number of hydrogen-bond acceptors (Lipinski definition) is 2. The van der Waals surface area contributed by atoms with Crippen LogP contribution in [0.25, 0.3) is 0 Å². The summed E-state index contributed by atoms with van der Waals surface area (Å²) in [4.78, 5) is 10.7. The van der Waals surface area contributed by atoms with Crippen molar-refractivity contribution in [2.24, 2.45) is 5.92 Å². The van der Waals surface area contributed by atoms with Crippen LogP contribution < -0.4 is 0 Å². The summed E-state index contributed by atoms with van der Waals surface area (Å²) in [7, 11) is 0. The summed E-state index contributed by atoms with van der Waals surface area (Å²) in [5, 5.41) is 8.78. The van der Waals surface area contributed by atoms with Gasteiger partial charge in [-0.05, 0) is 31.7 Å². The summed E-state index contributed by atoms with van der Waals surface area (Å²) in [6.45, 7) is 7.88. The summed E-state index contributed by atoms with van der Waals surface area (Å²) >= 11 is 0. The molecule has 0 saturated carbocycles. The maximum atomic E-state index is 10.7. The quantitative estimate of drug-likeness (QED) is 0.740. The third-order valence-electron chi connectivity index (χ3n) is 2.90. The van der Waals surface area contributed by atoms with Crippen LogP contribution >= 0.6 is 0 Å². The monoisotopic (exact) mass is 248 g/mol. The zero-order valence-corrected chi connectivity index (χ0v) is 11.0. The van der Waals surface area contributed by atoms with Gasteiger partial charge in [0, 0.05) is 6.42 Å². The molecule has 0 fully saturated rings. The second-order valence-electron chi connectivity index (χ2n) is 4.65. The molecule has 1 unspecified atom stereocenters. The Balaban J connectivity index is 2.41.